The van der Waals surface area contributed by atoms with E-state index < -0.39 is 0 Å². The van der Waals surface area contributed by atoms with Crippen LogP contribution in [0.3, 0.4) is 0 Å². The predicted molar refractivity (Wildman–Crippen MR) is 111 cm³/mol. The molecule has 1 N–H and O–H groups in total. The van der Waals surface area contributed by atoms with Gasteiger partial charge in [0.2, 0.25) is 0 Å². The first-order valence-corrected chi connectivity index (χ1v) is 9.92. The van der Waals surface area contributed by atoms with Gasteiger partial charge in [0.1, 0.15) is 0 Å². The highest BCUT2D eigenvalue weighted by Gasteiger charge is 2.42. The van der Waals surface area contributed by atoms with Gasteiger partial charge in [-0.15, -0.1) is 24.0 Å². The first kappa shape index (κ1) is 20.3. The van der Waals surface area contributed by atoms with Gasteiger partial charge in [-0.3, -0.25) is 4.99 Å². The van der Waals surface area contributed by atoms with Crippen molar-refractivity contribution in [1.29, 1.82) is 0 Å². The molecule has 1 spiro atoms. The summed E-state index contributed by atoms with van der Waals surface area (Å²) in [5.74, 6) is 1.95. The zero-order chi connectivity index (χ0) is 16.0. The molecule has 2 aliphatic heterocycles. The van der Waals surface area contributed by atoms with E-state index in [0.717, 1.165) is 51.3 Å². The van der Waals surface area contributed by atoms with Crippen LogP contribution in [0, 0.1) is 11.3 Å². The lowest BCUT2D eigenvalue weighted by atomic mass is 9.87. The third-order valence-corrected chi connectivity index (χ3v) is 5.98. The van der Waals surface area contributed by atoms with E-state index >= 15 is 0 Å². The summed E-state index contributed by atoms with van der Waals surface area (Å²) in [6, 6.07) is 0. The van der Waals surface area contributed by atoms with Crippen LogP contribution in [-0.4, -0.2) is 50.3 Å². The molecule has 1 saturated carbocycles. The molecule has 24 heavy (non-hydrogen) atoms. The van der Waals surface area contributed by atoms with Crippen LogP contribution in [0.2, 0.25) is 0 Å². The molecule has 3 fully saturated rings. The fraction of sp³-hybridized carbons (Fsp3) is 0.947. The fourth-order valence-corrected chi connectivity index (χ4v) is 4.45. The monoisotopic (exact) mass is 449 g/mol. The van der Waals surface area contributed by atoms with Crippen molar-refractivity contribution in [1.82, 2.24) is 10.2 Å². The Hall–Kier alpha value is -0.0400. The largest absolute Gasteiger partial charge is 0.381 e. The van der Waals surface area contributed by atoms with Gasteiger partial charge in [-0.05, 0) is 38.5 Å². The van der Waals surface area contributed by atoms with Crippen molar-refractivity contribution in [3.05, 3.63) is 0 Å². The molecule has 3 aliphatic rings. The number of aliphatic imine (C=N–C) groups is 1. The van der Waals surface area contributed by atoms with Crippen LogP contribution in [0.4, 0.5) is 0 Å². The number of hydrogen-bond donors (Lipinski definition) is 1. The molecule has 0 bridgehead atoms. The summed E-state index contributed by atoms with van der Waals surface area (Å²) in [6.07, 6.45) is 12.3. The number of halogens is 1. The topological polar surface area (TPSA) is 36.9 Å². The SMILES string of the molecule is CCNC(=NCC1CCCCCCC1)N1CCC2(CCOC2)C1.I. The zero-order valence-corrected chi connectivity index (χ0v) is 17.7. The number of nitrogens with zero attached hydrogens (tertiary/aromatic N) is 2. The molecule has 1 unspecified atom stereocenters. The average Bonchev–Trinajstić information content (AvgIpc) is 3.15. The van der Waals surface area contributed by atoms with E-state index in [1.54, 1.807) is 0 Å². The van der Waals surface area contributed by atoms with Crippen LogP contribution >= 0.6 is 24.0 Å². The van der Waals surface area contributed by atoms with Gasteiger partial charge in [0.05, 0.1) is 6.61 Å². The Bertz CT molecular complexity index is 388. The maximum Gasteiger partial charge on any atom is 0.193 e. The van der Waals surface area contributed by atoms with Gasteiger partial charge in [-0.25, -0.2) is 0 Å². The molecule has 2 saturated heterocycles. The molecular weight excluding hydrogens is 413 g/mol. The van der Waals surface area contributed by atoms with Crippen LogP contribution in [0.15, 0.2) is 4.99 Å². The van der Waals surface area contributed by atoms with Crippen molar-refractivity contribution < 1.29 is 4.74 Å². The summed E-state index contributed by atoms with van der Waals surface area (Å²) in [4.78, 5) is 7.52. The molecule has 1 atom stereocenters. The lowest BCUT2D eigenvalue weighted by Gasteiger charge is -2.26. The van der Waals surface area contributed by atoms with Crippen LogP contribution in [0.5, 0.6) is 0 Å². The van der Waals surface area contributed by atoms with E-state index in [4.69, 9.17) is 9.73 Å². The van der Waals surface area contributed by atoms with E-state index in [9.17, 15) is 0 Å². The van der Waals surface area contributed by atoms with Gasteiger partial charge in [0.25, 0.3) is 0 Å². The molecule has 140 valence electrons. The Morgan fingerprint density at radius 1 is 1.17 bits per heavy atom. The summed E-state index contributed by atoms with van der Waals surface area (Å²) < 4.78 is 5.66. The quantitative estimate of drug-likeness (QED) is 0.402. The predicted octanol–water partition coefficient (Wildman–Crippen LogP) is 4.04. The third-order valence-electron chi connectivity index (χ3n) is 5.98. The molecule has 3 rings (SSSR count). The lowest BCUT2D eigenvalue weighted by Crippen LogP contribution is -2.41. The molecule has 0 aromatic rings. The van der Waals surface area contributed by atoms with Gasteiger partial charge < -0.3 is 15.0 Å². The average molecular weight is 449 g/mol. The molecule has 5 heteroatoms. The van der Waals surface area contributed by atoms with E-state index in [0.29, 0.717) is 5.41 Å². The van der Waals surface area contributed by atoms with Crippen LogP contribution < -0.4 is 5.32 Å². The smallest absolute Gasteiger partial charge is 0.193 e. The van der Waals surface area contributed by atoms with Crippen molar-refractivity contribution in [3.63, 3.8) is 0 Å². The molecule has 2 heterocycles. The third kappa shape index (κ3) is 5.48. The molecule has 0 aromatic heterocycles. The number of nitrogens with one attached hydrogen (secondary N) is 1. The Kier molecular flexibility index (Phi) is 8.61. The molecular formula is C19H36IN3O. The first-order valence-electron chi connectivity index (χ1n) is 9.92. The normalized spacial score (nSPS) is 29.4. The highest BCUT2D eigenvalue weighted by atomic mass is 127. The van der Waals surface area contributed by atoms with E-state index in [-0.39, 0.29) is 24.0 Å². The molecule has 0 radical (unpaired) electrons. The van der Waals surface area contributed by atoms with Crippen LogP contribution in [0.25, 0.3) is 0 Å². The fourth-order valence-electron chi connectivity index (χ4n) is 4.45. The Balaban J connectivity index is 0.00000208. The van der Waals surface area contributed by atoms with Crippen molar-refractivity contribution in [2.45, 2.75) is 64.7 Å². The molecule has 1 aliphatic carbocycles. The minimum atomic E-state index is 0. The lowest BCUT2D eigenvalue weighted by molar-refractivity contribution is 0.156. The summed E-state index contributed by atoms with van der Waals surface area (Å²) in [5, 5.41) is 3.53. The Morgan fingerprint density at radius 3 is 2.58 bits per heavy atom. The number of guanidine groups is 1. The van der Waals surface area contributed by atoms with Gasteiger partial charge >= 0.3 is 0 Å². The van der Waals surface area contributed by atoms with Crippen LogP contribution in [-0.2, 0) is 4.74 Å². The van der Waals surface area contributed by atoms with Crippen LogP contribution in [0.1, 0.15) is 64.7 Å². The Labute approximate surface area is 165 Å². The van der Waals surface area contributed by atoms with Gasteiger partial charge in [0, 0.05) is 38.2 Å². The van der Waals surface area contributed by atoms with Crippen molar-refractivity contribution >= 4 is 29.9 Å². The van der Waals surface area contributed by atoms with Gasteiger partial charge in [-0.1, -0.05) is 32.1 Å². The number of likely N-dealkylation sites (tertiary alicyclic amines) is 1. The van der Waals surface area contributed by atoms with Crippen molar-refractivity contribution in [3.8, 4) is 0 Å². The Morgan fingerprint density at radius 2 is 1.92 bits per heavy atom. The van der Waals surface area contributed by atoms with Crippen molar-refractivity contribution in [2.75, 3.05) is 39.4 Å². The second-order valence-electron chi connectivity index (χ2n) is 7.88. The highest BCUT2D eigenvalue weighted by molar-refractivity contribution is 14.0. The maximum atomic E-state index is 5.66. The summed E-state index contributed by atoms with van der Waals surface area (Å²) in [5.41, 5.74) is 0.413. The van der Waals surface area contributed by atoms with Gasteiger partial charge in [-0.2, -0.15) is 0 Å². The van der Waals surface area contributed by atoms with E-state index in [1.807, 2.05) is 0 Å². The number of ether oxygens (including phenoxy) is 1. The zero-order valence-electron chi connectivity index (χ0n) is 15.4. The van der Waals surface area contributed by atoms with E-state index in [1.165, 1.54) is 57.8 Å². The standard InChI is InChI=1S/C19H35N3O.HI/c1-2-20-18(21-14-17-8-6-4-3-5-7-9-17)22-12-10-19(15-22)11-13-23-16-19;/h17H,2-16H2,1H3,(H,20,21);1H. The summed E-state index contributed by atoms with van der Waals surface area (Å²) >= 11 is 0. The summed E-state index contributed by atoms with van der Waals surface area (Å²) in [6.45, 7) is 8.32. The second kappa shape index (κ2) is 10.2. The second-order valence-corrected chi connectivity index (χ2v) is 7.88. The minimum absolute atomic E-state index is 0. The maximum absolute atomic E-state index is 5.66. The molecule has 0 aromatic carbocycles. The first-order chi connectivity index (χ1) is 11.3. The molecule has 0 amide bonds. The summed E-state index contributed by atoms with van der Waals surface area (Å²) in [7, 11) is 0. The highest BCUT2D eigenvalue weighted by Crippen LogP contribution is 2.38. The molecule has 4 nitrogen and oxygen atoms in total. The minimum Gasteiger partial charge on any atom is -0.381 e. The van der Waals surface area contributed by atoms with Crippen molar-refractivity contribution in [2.24, 2.45) is 16.3 Å². The van der Waals surface area contributed by atoms with Gasteiger partial charge in [0.15, 0.2) is 5.96 Å². The van der Waals surface area contributed by atoms with E-state index in [2.05, 4.69) is 17.1 Å². The number of rotatable bonds is 3. The number of hydrogen-bond acceptors (Lipinski definition) is 2.